The van der Waals surface area contributed by atoms with E-state index in [-0.39, 0.29) is 35.6 Å². The number of sulfonamides is 1. The first-order valence-electron chi connectivity index (χ1n) is 9.46. The number of nitriles is 1. The minimum Gasteiger partial charge on any atom is -0.354 e. The summed E-state index contributed by atoms with van der Waals surface area (Å²) in [6.07, 6.45) is 5.31. The Kier molecular flexibility index (Phi) is 8.42. The van der Waals surface area contributed by atoms with Crippen LogP contribution in [0.2, 0.25) is 0 Å². The topological polar surface area (TPSA) is 128 Å². The monoisotopic (exact) mass is 406 g/mol. The van der Waals surface area contributed by atoms with Crippen LogP contribution in [0, 0.1) is 17.2 Å². The molecule has 1 aliphatic carbocycles. The Hall–Kier alpha value is -2.44. The molecule has 0 unspecified atom stereocenters. The van der Waals surface area contributed by atoms with Crippen LogP contribution in [0.4, 0.5) is 0 Å². The van der Waals surface area contributed by atoms with Crippen molar-refractivity contribution in [3.8, 4) is 6.07 Å². The third-order valence-corrected chi connectivity index (χ3v) is 6.12. The Labute approximate surface area is 165 Å². The predicted molar refractivity (Wildman–Crippen MR) is 104 cm³/mol. The van der Waals surface area contributed by atoms with Crippen LogP contribution in [-0.2, 0) is 14.8 Å². The van der Waals surface area contributed by atoms with E-state index in [1.54, 1.807) is 0 Å². The third-order valence-electron chi connectivity index (χ3n) is 4.64. The van der Waals surface area contributed by atoms with Crippen molar-refractivity contribution in [1.82, 2.24) is 15.4 Å². The van der Waals surface area contributed by atoms with Crippen molar-refractivity contribution >= 4 is 21.8 Å². The van der Waals surface area contributed by atoms with Crippen molar-refractivity contribution in [3.05, 3.63) is 29.8 Å². The number of amides is 2. The summed E-state index contributed by atoms with van der Waals surface area (Å²) in [5, 5.41) is 14.0. The molecule has 0 radical (unpaired) electrons. The Bertz CT molecular complexity index is 809. The molecule has 1 saturated carbocycles. The molecular weight excluding hydrogens is 380 g/mol. The highest BCUT2D eigenvalue weighted by molar-refractivity contribution is 7.89. The smallest absolute Gasteiger partial charge is 0.251 e. The van der Waals surface area contributed by atoms with Crippen LogP contribution < -0.4 is 15.4 Å². The second-order valence-corrected chi connectivity index (χ2v) is 8.48. The van der Waals surface area contributed by atoms with E-state index in [1.807, 2.05) is 6.07 Å². The van der Waals surface area contributed by atoms with E-state index in [1.165, 1.54) is 30.7 Å². The first kappa shape index (κ1) is 21.9. The van der Waals surface area contributed by atoms with Crippen LogP contribution in [0.1, 0.15) is 48.9 Å². The summed E-state index contributed by atoms with van der Waals surface area (Å²) in [6, 6.07) is 7.39. The van der Waals surface area contributed by atoms with E-state index in [0.717, 1.165) is 25.7 Å². The number of hydrogen-bond donors (Lipinski definition) is 3. The maximum absolute atomic E-state index is 12.1. The number of nitrogens with one attached hydrogen (secondary N) is 3. The van der Waals surface area contributed by atoms with Gasteiger partial charge < -0.3 is 10.6 Å². The number of hydrogen-bond acceptors (Lipinski definition) is 5. The van der Waals surface area contributed by atoms with Gasteiger partial charge in [0.1, 0.15) is 0 Å². The van der Waals surface area contributed by atoms with Gasteiger partial charge in [0.15, 0.2) is 0 Å². The summed E-state index contributed by atoms with van der Waals surface area (Å²) in [5.74, 6) is -0.207. The SMILES string of the molecule is N#CCCNS(=O)(=O)c1ccc(C(=O)NCCNC(=O)C2CCCCC2)cc1. The second-order valence-electron chi connectivity index (χ2n) is 6.71. The van der Waals surface area contributed by atoms with Gasteiger partial charge in [0.2, 0.25) is 15.9 Å². The quantitative estimate of drug-likeness (QED) is 0.533. The molecule has 1 fully saturated rings. The highest BCUT2D eigenvalue weighted by atomic mass is 32.2. The lowest BCUT2D eigenvalue weighted by molar-refractivity contribution is -0.125. The van der Waals surface area contributed by atoms with Gasteiger partial charge in [-0.1, -0.05) is 19.3 Å². The van der Waals surface area contributed by atoms with Crippen LogP contribution in [0.3, 0.4) is 0 Å². The summed E-state index contributed by atoms with van der Waals surface area (Å²) >= 11 is 0. The molecule has 28 heavy (non-hydrogen) atoms. The number of nitrogens with zero attached hydrogens (tertiary/aromatic N) is 1. The van der Waals surface area contributed by atoms with Gasteiger partial charge >= 0.3 is 0 Å². The summed E-state index contributed by atoms with van der Waals surface area (Å²) in [4.78, 5) is 24.2. The summed E-state index contributed by atoms with van der Waals surface area (Å²) in [6.45, 7) is 0.692. The molecule has 8 nitrogen and oxygen atoms in total. The van der Waals surface area contributed by atoms with E-state index >= 15 is 0 Å². The highest BCUT2D eigenvalue weighted by Gasteiger charge is 2.20. The number of carbonyl (C=O) groups is 2. The second kappa shape index (κ2) is 10.8. The first-order valence-corrected chi connectivity index (χ1v) is 10.9. The fraction of sp³-hybridized carbons (Fsp3) is 0.526. The van der Waals surface area contributed by atoms with Crippen LogP contribution >= 0.6 is 0 Å². The van der Waals surface area contributed by atoms with Gasteiger partial charge in [-0.05, 0) is 37.1 Å². The molecule has 9 heteroatoms. The highest BCUT2D eigenvalue weighted by Crippen LogP contribution is 2.23. The lowest BCUT2D eigenvalue weighted by Crippen LogP contribution is -2.38. The van der Waals surface area contributed by atoms with Crippen molar-refractivity contribution in [2.24, 2.45) is 5.92 Å². The van der Waals surface area contributed by atoms with Crippen molar-refractivity contribution < 1.29 is 18.0 Å². The van der Waals surface area contributed by atoms with Crippen molar-refractivity contribution in [1.29, 1.82) is 5.26 Å². The van der Waals surface area contributed by atoms with Crippen LogP contribution in [0.5, 0.6) is 0 Å². The maximum atomic E-state index is 12.1. The van der Waals surface area contributed by atoms with Gasteiger partial charge in [-0.3, -0.25) is 9.59 Å². The fourth-order valence-corrected chi connectivity index (χ4v) is 4.11. The molecule has 0 saturated heterocycles. The first-order chi connectivity index (χ1) is 13.4. The maximum Gasteiger partial charge on any atom is 0.251 e. The van der Waals surface area contributed by atoms with Gasteiger partial charge in [0.05, 0.1) is 11.0 Å². The Balaban J connectivity index is 1.76. The number of rotatable bonds is 9. The van der Waals surface area contributed by atoms with E-state index < -0.39 is 10.0 Å². The van der Waals surface area contributed by atoms with Crippen LogP contribution in [0.25, 0.3) is 0 Å². The Morgan fingerprint density at radius 2 is 1.64 bits per heavy atom. The minimum atomic E-state index is -3.70. The lowest BCUT2D eigenvalue weighted by Gasteiger charge is -2.20. The molecule has 0 heterocycles. The molecule has 2 amide bonds. The largest absolute Gasteiger partial charge is 0.354 e. The van der Waals surface area contributed by atoms with Crippen molar-refractivity contribution in [3.63, 3.8) is 0 Å². The van der Waals surface area contributed by atoms with Crippen molar-refractivity contribution in [2.75, 3.05) is 19.6 Å². The Morgan fingerprint density at radius 1 is 1.00 bits per heavy atom. The molecule has 0 aliphatic heterocycles. The lowest BCUT2D eigenvalue weighted by atomic mass is 9.89. The molecule has 0 atom stereocenters. The molecule has 2 rings (SSSR count). The Morgan fingerprint density at radius 3 is 2.29 bits per heavy atom. The normalized spacial score (nSPS) is 14.8. The summed E-state index contributed by atoms with van der Waals surface area (Å²) < 4.78 is 26.4. The van der Waals surface area contributed by atoms with Gasteiger partial charge in [-0.2, -0.15) is 5.26 Å². The molecule has 1 aliphatic rings. The van der Waals surface area contributed by atoms with Crippen molar-refractivity contribution in [2.45, 2.75) is 43.4 Å². The zero-order chi connectivity index (χ0) is 20.4. The molecule has 0 aromatic heterocycles. The molecule has 1 aromatic rings. The number of carbonyl (C=O) groups excluding carboxylic acids is 2. The molecular formula is C19H26N4O4S. The van der Waals surface area contributed by atoms with E-state index in [4.69, 9.17) is 5.26 Å². The predicted octanol–water partition coefficient (Wildman–Crippen LogP) is 1.30. The summed E-state index contributed by atoms with van der Waals surface area (Å²) in [7, 11) is -3.70. The van der Waals surface area contributed by atoms with E-state index in [0.29, 0.717) is 18.7 Å². The van der Waals surface area contributed by atoms with Crippen LogP contribution in [-0.4, -0.2) is 39.9 Å². The fourth-order valence-electron chi connectivity index (χ4n) is 3.08. The average molecular weight is 407 g/mol. The zero-order valence-corrected chi connectivity index (χ0v) is 16.6. The minimum absolute atomic E-state index is 0.0294. The van der Waals surface area contributed by atoms with Gasteiger partial charge in [0.25, 0.3) is 5.91 Å². The molecule has 1 aromatic carbocycles. The molecule has 3 N–H and O–H groups in total. The number of benzene rings is 1. The van der Waals surface area contributed by atoms with E-state index in [2.05, 4.69) is 15.4 Å². The summed E-state index contributed by atoms with van der Waals surface area (Å²) in [5.41, 5.74) is 0.328. The van der Waals surface area contributed by atoms with Gasteiger partial charge in [-0.25, -0.2) is 13.1 Å². The standard InChI is InChI=1S/C19H26N4O4S/c20-11-4-12-23-28(26,27)17-9-7-16(8-10-17)19(25)22-14-13-21-18(24)15-5-2-1-3-6-15/h7-10,15,23H,1-6,12-14H2,(H,21,24)(H,22,25). The average Bonchev–Trinajstić information content (AvgIpc) is 2.71. The van der Waals surface area contributed by atoms with Crippen LogP contribution in [0.15, 0.2) is 29.2 Å². The van der Waals surface area contributed by atoms with Gasteiger partial charge in [0, 0.05) is 37.5 Å². The molecule has 0 spiro atoms. The van der Waals surface area contributed by atoms with Gasteiger partial charge in [-0.15, -0.1) is 0 Å². The zero-order valence-electron chi connectivity index (χ0n) is 15.7. The molecule has 152 valence electrons. The van der Waals surface area contributed by atoms with E-state index in [9.17, 15) is 18.0 Å². The molecule has 0 bridgehead atoms. The third kappa shape index (κ3) is 6.62.